The van der Waals surface area contributed by atoms with E-state index in [9.17, 15) is 14.7 Å². The number of nitrogens with two attached hydrogens (primary N) is 2. The van der Waals surface area contributed by atoms with E-state index in [1.54, 1.807) is 48.5 Å². The molecule has 0 spiro atoms. The van der Waals surface area contributed by atoms with Gasteiger partial charge in [0.25, 0.3) is 0 Å². The first-order chi connectivity index (χ1) is 11.4. The van der Waals surface area contributed by atoms with Crippen molar-refractivity contribution in [2.45, 2.75) is 24.7 Å². The molecule has 126 valence electrons. The van der Waals surface area contributed by atoms with Crippen molar-refractivity contribution in [3.05, 3.63) is 59.7 Å². The number of hydrogen-bond acceptors (Lipinski definition) is 4. The quantitative estimate of drug-likeness (QED) is 0.578. The smallest absolute Gasteiger partial charge is 0.318 e. The fourth-order valence-corrected chi connectivity index (χ4v) is 2.85. The normalized spacial score (nSPS) is 11.2. The van der Waals surface area contributed by atoms with E-state index >= 15 is 0 Å². The summed E-state index contributed by atoms with van der Waals surface area (Å²) in [6, 6.07) is 13.2. The Morgan fingerprint density at radius 2 is 1.25 bits per heavy atom. The molecule has 0 amide bonds. The van der Waals surface area contributed by atoms with Gasteiger partial charge in [-0.2, -0.15) is 0 Å². The molecule has 0 fully saturated rings. The van der Waals surface area contributed by atoms with Crippen LogP contribution >= 0.6 is 0 Å². The largest absolute Gasteiger partial charge is 0.481 e. The van der Waals surface area contributed by atoms with E-state index in [0.717, 1.165) is 0 Å². The van der Waals surface area contributed by atoms with Crippen LogP contribution in [0.3, 0.4) is 0 Å². The van der Waals surface area contributed by atoms with E-state index in [-0.39, 0.29) is 19.3 Å². The molecule has 0 saturated heterocycles. The Morgan fingerprint density at radius 1 is 0.833 bits per heavy atom. The summed E-state index contributed by atoms with van der Waals surface area (Å²) in [6.45, 7) is 0. The molecule has 0 bridgehead atoms. The van der Waals surface area contributed by atoms with Gasteiger partial charge in [-0.3, -0.25) is 9.59 Å². The molecule has 0 aliphatic heterocycles. The third-order valence-electron chi connectivity index (χ3n) is 4.11. The molecule has 2 rings (SSSR count). The van der Waals surface area contributed by atoms with E-state index in [2.05, 4.69) is 0 Å². The lowest BCUT2D eigenvalue weighted by molar-refractivity contribution is -0.143. The van der Waals surface area contributed by atoms with Crippen molar-refractivity contribution in [2.24, 2.45) is 0 Å². The van der Waals surface area contributed by atoms with Crippen molar-refractivity contribution in [3.8, 4) is 0 Å². The summed E-state index contributed by atoms with van der Waals surface area (Å²) in [5.74, 6) is -1.99. The van der Waals surface area contributed by atoms with Crippen LogP contribution in [0, 0.1) is 0 Å². The lowest BCUT2D eigenvalue weighted by Crippen LogP contribution is -2.37. The summed E-state index contributed by atoms with van der Waals surface area (Å²) in [4.78, 5) is 23.1. The van der Waals surface area contributed by atoms with Crippen LogP contribution in [0.4, 0.5) is 11.4 Å². The fraction of sp³-hybridized carbons (Fsp3) is 0.222. The first-order valence-corrected chi connectivity index (χ1v) is 7.53. The molecule has 6 N–H and O–H groups in total. The summed E-state index contributed by atoms with van der Waals surface area (Å²) in [5.41, 5.74) is 12.2. The standard InChI is InChI=1S/C18H20N2O4/c19-14-7-3-12(4-8-14)18(17(23)24,11-1-2-16(21)22)13-5-9-15(20)10-6-13/h3-10H,1-2,11,19-20H2,(H,21,22)(H,23,24). The summed E-state index contributed by atoms with van der Waals surface area (Å²) in [7, 11) is 0. The predicted molar refractivity (Wildman–Crippen MR) is 91.6 cm³/mol. The van der Waals surface area contributed by atoms with E-state index in [1.165, 1.54) is 0 Å². The van der Waals surface area contributed by atoms with Gasteiger partial charge in [-0.1, -0.05) is 24.3 Å². The molecule has 0 atom stereocenters. The van der Waals surface area contributed by atoms with Gasteiger partial charge in [-0.15, -0.1) is 0 Å². The molecule has 6 nitrogen and oxygen atoms in total. The van der Waals surface area contributed by atoms with Gasteiger partial charge in [0.15, 0.2) is 0 Å². The Labute approximate surface area is 139 Å². The van der Waals surface area contributed by atoms with Gasteiger partial charge in [0.2, 0.25) is 0 Å². The van der Waals surface area contributed by atoms with Crippen LogP contribution in [0.1, 0.15) is 30.4 Å². The van der Waals surface area contributed by atoms with Crippen LogP contribution in [0.15, 0.2) is 48.5 Å². The summed E-state index contributed by atoms with van der Waals surface area (Å²) in [6.07, 6.45) is 0.290. The van der Waals surface area contributed by atoms with Crippen molar-refractivity contribution in [3.63, 3.8) is 0 Å². The Kier molecular flexibility index (Phi) is 5.08. The van der Waals surface area contributed by atoms with Crippen LogP contribution in [0.5, 0.6) is 0 Å². The summed E-state index contributed by atoms with van der Waals surface area (Å²) < 4.78 is 0. The highest BCUT2D eigenvalue weighted by molar-refractivity contribution is 5.86. The van der Waals surface area contributed by atoms with Crippen molar-refractivity contribution in [1.29, 1.82) is 0 Å². The Bertz CT molecular complexity index is 678. The average molecular weight is 328 g/mol. The van der Waals surface area contributed by atoms with Gasteiger partial charge in [-0.05, 0) is 48.2 Å². The molecule has 2 aromatic carbocycles. The molecule has 0 radical (unpaired) electrons. The maximum atomic E-state index is 12.3. The van der Waals surface area contributed by atoms with Gasteiger partial charge in [0, 0.05) is 17.8 Å². The molecule has 6 heteroatoms. The highest BCUT2D eigenvalue weighted by Gasteiger charge is 2.41. The number of carboxylic acids is 2. The number of nitrogen functional groups attached to an aromatic ring is 2. The zero-order valence-electron chi connectivity index (χ0n) is 13.1. The molecule has 0 heterocycles. The molecule has 0 aromatic heterocycles. The minimum absolute atomic E-state index is 0.0982. The maximum Gasteiger partial charge on any atom is 0.318 e. The van der Waals surface area contributed by atoms with Gasteiger partial charge in [0.1, 0.15) is 5.41 Å². The monoisotopic (exact) mass is 328 g/mol. The molecule has 2 aromatic rings. The van der Waals surface area contributed by atoms with Gasteiger partial charge in [0.05, 0.1) is 0 Å². The van der Waals surface area contributed by atoms with Crippen molar-refractivity contribution < 1.29 is 19.8 Å². The van der Waals surface area contributed by atoms with E-state index in [0.29, 0.717) is 22.5 Å². The highest BCUT2D eigenvalue weighted by Crippen LogP contribution is 2.38. The number of carbonyl (C=O) groups is 2. The SMILES string of the molecule is Nc1ccc(C(CCCC(=O)O)(C(=O)O)c2ccc(N)cc2)cc1. The number of hydrogen-bond donors (Lipinski definition) is 4. The molecule has 0 aliphatic carbocycles. The van der Waals surface area contributed by atoms with E-state index < -0.39 is 17.4 Å². The lowest BCUT2D eigenvalue weighted by atomic mass is 9.71. The van der Waals surface area contributed by atoms with Crippen molar-refractivity contribution in [1.82, 2.24) is 0 Å². The first kappa shape index (κ1) is 17.3. The fourth-order valence-electron chi connectivity index (χ4n) is 2.85. The molecule has 0 aliphatic rings. The Morgan fingerprint density at radius 3 is 1.58 bits per heavy atom. The summed E-state index contributed by atoms with van der Waals surface area (Å²) >= 11 is 0. The lowest BCUT2D eigenvalue weighted by Gasteiger charge is -2.31. The first-order valence-electron chi connectivity index (χ1n) is 7.53. The number of carboxylic acid groups (broad SMARTS) is 2. The Balaban J connectivity index is 2.55. The number of aliphatic carboxylic acids is 2. The zero-order valence-corrected chi connectivity index (χ0v) is 13.1. The third kappa shape index (κ3) is 3.48. The number of benzene rings is 2. The van der Waals surface area contributed by atoms with Crippen LogP contribution < -0.4 is 11.5 Å². The van der Waals surface area contributed by atoms with Gasteiger partial charge >= 0.3 is 11.9 Å². The van der Waals surface area contributed by atoms with Gasteiger partial charge < -0.3 is 21.7 Å². The second-order valence-electron chi connectivity index (χ2n) is 5.70. The second kappa shape index (κ2) is 7.04. The van der Waals surface area contributed by atoms with Crippen molar-refractivity contribution >= 4 is 23.3 Å². The van der Waals surface area contributed by atoms with Crippen LogP contribution in [0.2, 0.25) is 0 Å². The second-order valence-corrected chi connectivity index (χ2v) is 5.70. The van der Waals surface area contributed by atoms with Gasteiger partial charge in [-0.25, -0.2) is 0 Å². The van der Waals surface area contributed by atoms with Crippen LogP contribution in [0.25, 0.3) is 0 Å². The maximum absolute atomic E-state index is 12.3. The van der Waals surface area contributed by atoms with E-state index in [4.69, 9.17) is 16.6 Å². The average Bonchev–Trinajstić information content (AvgIpc) is 2.53. The zero-order chi connectivity index (χ0) is 17.7. The highest BCUT2D eigenvalue weighted by atomic mass is 16.4. The predicted octanol–water partition coefficient (Wildman–Crippen LogP) is 2.48. The number of rotatable bonds is 7. The molecular weight excluding hydrogens is 308 g/mol. The van der Waals surface area contributed by atoms with Crippen molar-refractivity contribution in [2.75, 3.05) is 11.5 Å². The third-order valence-corrected chi connectivity index (χ3v) is 4.11. The molecule has 24 heavy (non-hydrogen) atoms. The topological polar surface area (TPSA) is 127 Å². The molecule has 0 unspecified atom stereocenters. The molecule has 0 saturated carbocycles. The molecular formula is C18H20N2O4. The minimum Gasteiger partial charge on any atom is -0.481 e. The van der Waals surface area contributed by atoms with E-state index in [1.807, 2.05) is 0 Å². The Hall–Kier alpha value is -3.02. The van der Waals surface area contributed by atoms with Crippen LogP contribution in [-0.4, -0.2) is 22.2 Å². The van der Waals surface area contributed by atoms with Crippen LogP contribution in [-0.2, 0) is 15.0 Å². The number of anilines is 2. The summed E-state index contributed by atoms with van der Waals surface area (Å²) in [5, 5.41) is 18.9. The minimum atomic E-state index is -1.35.